The third kappa shape index (κ3) is 5.21. The second kappa shape index (κ2) is 9.67. The lowest BCUT2D eigenvalue weighted by atomic mass is 10.1. The third-order valence-electron chi connectivity index (χ3n) is 3.69. The van der Waals surface area contributed by atoms with E-state index in [9.17, 15) is 4.79 Å². The Balaban J connectivity index is 1.74. The van der Waals surface area contributed by atoms with Gasteiger partial charge in [-0.15, -0.1) is 11.8 Å². The molecule has 9 heteroatoms. The van der Waals surface area contributed by atoms with Crippen LogP contribution in [0.3, 0.4) is 0 Å². The number of hydrogen-bond acceptors (Lipinski definition) is 5. The van der Waals surface area contributed by atoms with Gasteiger partial charge >= 0.3 is 0 Å². The van der Waals surface area contributed by atoms with Gasteiger partial charge in [0.25, 0.3) is 0 Å². The average molecular weight is 458 g/mol. The van der Waals surface area contributed by atoms with E-state index in [1.807, 2.05) is 12.1 Å². The molecule has 0 saturated heterocycles. The Morgan fingerprint density at radius 1 is 1.14 bits per heavy atom. The molecule has 0 fully saturated rings. The van der Waals surface area contributed by atoms with Crippen molar-refractivity contribution in [3.63, 3.8) is 0 Å². The van der Waals surface area contributed by atoms with E-state index in [4.69, 9.17) is 44.1 Å². The number of nitrogens with one attached hydrogen (secondary N) is 1. The first-order chi connectivity index (χ1) is 13.5. The number of anilines is 1. The predicted octanol–water partition coefficient (Wildman–Crippen LogP) is 6.18. The van der Waals surface area contributed by atoms with Gasteiger partial charge in [-0.1, -0.05) is 52.1 Å². The van der Waals surface area contributed by atoms with Crippen molar-refractivity contribution in [1.82, 2.24) is 5.16 Å². The highest BCUT2D eigenvalue weighted by molar-refractivity contribution is 8.00. The first kappa shape index (κ1) is 21.0. The maximum atomic E-state index is 12.4. The van der Waals surface area contributed by atoms with Gasteiger partial charge in [0.15, 0.2) is 0 Å². The zero-order valence-electron chi connectivity index (χ0n) is 14.7. The fourth-order valence-electron chi connectivity index (χ4n) is 2.44. The smallest absolute Gasteiger partial charge is 0.239 e. The number of benzene rings is 2. The van der Waals surface area contributed by atoms with Crippen LogP contribution in [0.1, 0.15) is 5.69 Å². The topological polar surface area (TPSA) is 64.4 Å². The lowest BCUT2D eigenvalue weighted by molar-refractivity contribution is -0.113. The lowest BCUT2D eigenvalue weighted by Crippen LogP contribution is -2.14. The molecule has 3 rings (SSSR count). The predicted molar refractivity (Wildman–Crippen MR) is 113 cm³/mol. The van der Waals surface area contributed by atoms with Crippen LogP contribution >= 0.6 is 46.6 Å². The molecule has 1 N–H and O–H groups in total. The van der Waals surface area contributed by atoms with E-state index in [0.29, 0.717) is 26.3 Å². The summed E-state index contributed by atoms with van der Waals surface area (Å²) in [4.78, 5) is 13.2. The molecule has 0 saturated carbocycles. The van der Waals surface area contributed by atoms with E-state index in [0.717, 1.165) is 10.5 Å². The van der Waals surface area contributed by atoms with Crippen LogP contribution in [0.25, 0.3) is 11.1 Å². The summed E-state index contributed by atoms with van der Waals surface area (Å²) in [6, 6.07) is 12.4. The van der Waals surface area contributed by atoms with Crippen LogP contribution in [0.4, 0.5) is 5.88 Å². The second-order valence-electron chi connectivity index (χ2n) is 5.69. The molecule has 3 aromatic rings. The summed E-state index contributed by atoms with van der Waals surface area (Å²) in [7, 11) is 1.56. The molecule has 0 spiro atoms. The number of ether oxygens (including phenoxy) is 1. The van der Waals surface area contributed by atoms with Crippen molar-refractivity contribution in [2.45, 2.75) is 11.5 Å². The molecule has 1 amide bonds. The van der Waals surface area contributed by atoms with Gasteiger partial charge in [0.1, 0.15) is 5.69 Å². The molecule has 146 valence electrons. The van der Waals surface area contributed by atoms with Crippen LogP contribution < -0.4 is 5.32 Å². The highest BCUT2D eigenvalue weighted by atomic mass is 35.5. The van der Waals surface area contributed by atoms with Gasteiger partial charge in [-0.05, 0) is 35.9 Å². The highest BCUT2D eigenvalue weighted by Crippen LogP contribution is 2.33. The molecular formula is C19H15Cl3N2O3S. The van der Waals surface area contributed by atoms with Gasteiger partial charge in [-0.3, -0.25) is 10.1 Å². The summed E-state index contributed by atoms with van der Waals surface area (Å²) in [5.74, 6) is 0.179. The maximum absolute atomic E-state index is 12.4. The van der Waals surface area contributed by atoms with Crippen molar-refractivity contribution < 1.29 is 14.1 Å². The fourth-order valence-corrected chi connectivity index (χ4v) is 3.66. The highest BCUT2D eigenvalue weighted by Gasteiger charge is 2.20. The van der Waals surface area contributed by atoms with Crippen LogP contribution in [-0.2, 0) is 16.1 Å². The number of carbonyl (C=O) groups excluding carboxylic acids is 1. The molecule has 0 aliphatic carbocycles. The quantitative estimate of drug-likeness (QED) is 0.429. The lowest BCUT2D eigenvalue weighted by Gasteiger charge is -2.07. The molecule has 0 aliphatic rings. The molecular weight excluding hydrogens is 443 g/mol. The Morgan fingerprint density at radius 2 is 1.89 bits per heavy atom. The van der Waals surface area contributed by atoms with Crippen molar-refractivity contribution in [3.8, 4) is 11.1 Å². The molecule has 0 radical (unpaired) electrons. The molecule has 5 nitrogen and oxygen atoms in total. The Hall–Kier alpha value is -1.70. The van der Waals surface area contributed by atoms with Crippen LogP contribution in [-0.4, -0.2) is 23.9 Å². The molecule has 2 aromatic carbocycles. The van der Waals surface area contributed by atoms with Crippen molar-refractivity contribution in [2.24, 2.45) is 0 Å². The zero-order valence-corrected chi connectivity index (χ0v) is 17.8. The van der Waals surface area contributed by atoms with Gasteiger partial charge in [0, 0.05) is 17.0 Å². The van der Waals surface area contributed by atoms with E-state index >= 15 is 0 Å². The van der Waals surface area contributed by atoms with Gasteiger partial charge in [-0.2, -0.15) is 0 Å². The normalized spacial score (nSPS) is 10.9. The Kier molecular flexibility index (Phi) is 7.26. The largest absolute Gasteiger partial charge is 0.378 e. The first-order valence-corrected chi connectivity index (χ1v) is 10.2. The summed E-state index contributed by atoms with van der Waals surface area (Å²) in [5, 5.41) is 8.29. The molecule has 1 aromatic heterocycles. The molecule has 0 unspecified atom stereocenters. The monoisotopic (exact) mass is 456 g/mol. The fraction of sp³-hybridized carbons (Fsp3) is 0.158. The number of methoxy groups -OCH3 is 1. The molecule has 0 aliphatic heterocycles. The average Bonchev–Trinajstić information content (AvgIpc) is 3.06. The van der Waals surface area contributed by atoms with Crippen molar-refractivity contribution in [3.05, 3.63) is 63.2 Å². The Morgan fingerprint density at radius 3 is 2.57 bits per heavy atom. The molecule has 0 bridgehead atoms. The van der Waals surface area contributed by atoms with E-state index in [1.165, 1.54) is 11.8 Å². The number of aromatic nitrogens is 1. The van der Waals surface area contributed by atoms with Crippen molar-refractivity contribution in [2.75, 3.05) is 18.2 Å². The summed E-state index contributed by atoms with van der Waals surface area (Å²) in [5.41, 5.74) is 2.05. The zero-order chi connectivity index (χ0) is 20.1. The minimum Gasteiger partial charge on any atom is -0.378 e. The van der Waals surface area contributed by atoms with Crippen molar-refractivity contribution >= 4 is 58.4 Å². The second-order valence-corrected chi connectivity index (χ2v) is 7.99. The van der Waals surface area contributed by atoms with E-state index < -0.39 is 0 Å². The Labute approximate surface area is 181 Å². The number of nitrogens with zero attached hydrogens (tertiary/aromatic N) is 1. The van der Waals surface area contributed by atoms with Gasteiger partial charge in [0.2, 0.25) is 11.8 Å². The number of amides is 1. The molecule has 28 heavy (non-hydrogen) atoms. The van der Waals surface area contributed by atoms with E-state index in [1.54, 1.807) is 37.4 Å². The number of carbonyl (C=O) groups is 1. The number of hydrogen-bond donors (Lipinski definition) is 1. The van der Waals surface area contributed by atoms with Crippen LogP contribution in [0.2, 0.25) is 15.1 Å². The van der Waals surface area contributed by atoms with Gasteiger partial charge in [-0.25, -0.2) is 0 Å². The SMILES string of the molecule is COCc1noc(NC(=O)CSc2ccc(Cl)c(Cl)c2)c1-c1ccc(Cl)cc1. The molecule has 1 heterocycles. The summed E-state index contributed by atoms with van der Waals surface area (Å²) in [6.45, 7) is 0.245. The summed E-state index contributed by atoms with van der Waals surface area (Å²) in [6.07, 6.45) is 0. The maximum Gasteiger partial charge on any atom is 0.239 e. The van der Waals surface area contributed by atoms with Crippen molar-refractivity contribution in [1.29, 1.82) is 0 Å². The van der Waals surface area contributed by atoms with Crippen LogP contribution in [0, 0.1) is 0 Å². The van der Waals surface area contributed by atoms with E-state index in [-0.39, 0.29) is 24.2 Å². The number of thioether (sulfide) groups is 1. The number of halogens is 3. The minimum atomic E-state index is -0.244. The summed E-state index contributed by atoms with van der Waals surface area (Å²) >= 11 is 19.2. The number of rotatable bonds is 7. The van der Waals surface area contributed by atoms with Crippen LogP contribution in [0.15, 0.2) is 51.9 Å². The summed E-state index contributed by atoms with van der Waals surface area (Å²) < 4.78 is 10.5. The van der Waals surface area contributed by atoms with Gasteiger partial charge < -0.3 is 9.26 Å². The first-order valence-electron chi connectivity index (χ1n) is 8.09. The van der Waals surface area contributed by atoms with Crippen LogP contribution in [0.5, 0.6) is 0 Å². The van der Waals surface area contributed by atoms with E-state index in [2.05, 4.69) is 10.5 Å². The molecule has 0 atom stereocenters. The van der Waals surface area contributed by atoms with Gasteiger partial charge in [0.05, 0.1) is 28.0 Å². The Bertz CT molecular complexity index is 977. The minimum absolute atomic E-state index is 0.165. The third-order valence-corrected chi connectivity index (χ3v) is 5.68. The standard InChI is InChI=1S/C19H15Cl3N2O3S/c1-26-9-16-18(11-2-4-12(20)5-3-11)19(27-24-16)23-17(25)10-28-13-6-7-14(21)15(22)8-13/h2-8H,9-10H2,1H3,(H,23,25).